The van der Waals surface area contributed by atoms with Gasteiger partial charge < -0.3 is 11.1 Å². The van der Waals surface area contributed by atoms with Crippen LogP contribution in [0, 0.1) is 5.92 Å². The minimum atomic E-state index is -0.361. The van der Waals surface area contributed by atoms with Crippen LogP contribution in [0.1, 0.15) is 20.3 Å². The predicted octanol–water partition coefficient (Wildman–Crippen LogP) is -0.0884. The lowest BCUT2D eigenvalue weighted by atomic mass is 10.1. The second-order valence-corrected chi connectivity index (χ2v) is 3.80. The minimum absolute atomic E-state index is 0.126. The Morgan fingerprint density at radius 2 is 2.14 bits per heavy atom. The van der Waals surface area contributed by atoms with Crippen molar-refractivity contribution in [1.82, 2.24) is 10.2 Å². The van der Waals surface area contributed by atoms with Crippen molar-refractivity contribution >= 4 is 11.9 Å². The van der Waals surface area contributed by atoms with Gasteiger partial charge in [-0.25, -0.2) is 4.79 Å². The molecule has 1 saturated heterocycles. The summed E-state index contributed by atoms with van der Waals surface area (Å²) < 4.78 is 0. The number of imide groups is 1. The van der Waals surface area contributed by atoms with Crippen LogP contribution >= 0.6 is 0 Å². The van der Waals surface area contributed by atoms with Crippen LogP contribution in [0.4, 0.5) is 4.79 Å². The molecule has 0 saturated carbocycles. The third-order valence-electron chi connectivity index (χ3n) is 2.31. The maximum absolute atomic E-state index is 11.7. The Balaban J connectivity index is 2.61. The van der Waals surface area contributed by atoms with E-state index in [4.69, 9.17) is 5.73 Å². The fraction of sp³-hybridized carbons (Fsp3) is 0.778. The van der Waals surface area contributed by atoms with Crippen molar-refractivity contribution in [2.45, 2.75) is 26.3 Å². The number of carbonyl (C=O) groups is 2. The maximum atomic E-state index is 11.7. The number of nitrogens with two attached hydrogens (primary N) is 1. The molecule has 3 N–H and O–H groups in total. The Hall–Kier alpha value is -1.10. The highest BCUT2D eigenvalue weighted by Gasteiger charge is 2.38. The van der Waals surface area contributed by atoms with Crippen molar-refractivity contribution in [2.24, 2.45) is 11.7 Å². The Morgan fingerprint density at radius 1 is 1.50 bits per heavy atom. The second kappa shape index (κ2) is 4.41. The van der Waals surface area contributed by atoms with Crippen molar-refractivity contribution in [3.8, 4) is 0 Å². The average molecular weight is 199 g/mol. The molecule has 3 amide bonds. The highest BCUT2D eigenvalue weighted by Crippen LogP contribution is 2.13. The van der Waals surface area contributed by atoms with Gasteiger partial charge in [-0.05, 0) is 18.9 Å². The summed E-state index contributed by atoms with van der Waals surface area (Å²) in [5.74, 6) is 0.00720. The number of nitrogens with one attached hydrogen (secondary N) is 1. The number of urea groups is 1. The van der Waals surface area contributed by atoms with E-state index in [2.05, 4.69) is 5.32 Å². The molecule has 1 heterocycles. The number of hydrogen-bond donors (Lipinski definition) is 2. The van der Waals surface area contributed by atoms with Gasteiger partial charge in [0.2, 0.25) is 0 Å². The van der Waals surface area contributed by atoms with E-state index in [1.807, 2.05) is 13.8 Å². The zero-order valence-electron chi connectivity index (χ0n) is 8.62. The van der Waals surface area contributed by atoms with E-state index in [9.17, 15) is 9.59 Å². The largest absolute Gasteiger partial charge is 0.330 e. The molecule has 80 valence electrons. The lowest BCUT2D eigenvalue weighted by Crippen LogP contribution is -2.35. The molecular formula is C9H17N3O2. The number of carbonyl (C=O) groups excluding carboxylic acids is 2. The van der Waals surface area contributed by atoms with Gasteiger partial charge in [0.05, 0.1) is 0 Å². The van der Waals surface area contributed by atoms with Crippen LogP contribution in [-0.4, -0.2) is 36.0 Å². The molecule has 0 aliphatic carbocycles. The van der Waals surface area contributed by atoms with Crippen molar-refractivity contribution < 1.29 is 9.59 Å². The Morgan fingerprint density at radius 3 is 2.57 bits per heavy atom. The third kappa shape index (κ3) is 2.04. The van der Waals surface area contributed by atoms with Gasteiger partial charge in [0.1, 0.15) is 6.04 Å². The van der Waals surface area contributed by atoms with Gasteiger partial charge in [-0.2, -0.15) is 0 Å². The molecule has 1 unspecified atom stereocenters. The maximum Gasteiger partial charge on any atom is 0.324 e. The third-order valence-corrected chi connectivity index (χ3v) is 2.31. The summed E-state index contributed by atoms with van der Waals surface area (Å²) in [6, 6.07) is -0.651. The summed E-state index contributed by atoms with van der Waals surface area (Å²) in [6.07, 6.45) is 0.657. The fourth-order valence-electron chi connectivity index (χ4n) is 1.45. The number of amides is 3. The molecule has 0 radical (unpaired) electrons. The van der Waals surface area contributed by atoms with Gasteiger partial charge in [-0.3, -0.25) is 9.69 Å². The zero-order chi connectivity index (χ0) is 10.7. The second-order valence-electron chi connectivity index (χ2n) is 3.80. The van der Waals surface area contributed by atoms with Crippen molar-refractivity contribution in [1.29, 1.82) is 0 Å². The number of rotatable bonds is 4. The van der Waals surface area contributed by atoms with E-state index in [-0.39, 0.29) is 23.9 Å². The van der Waals surface area contributed by atoms with E-state index in [1.54, 1.807) is 0 Å². The molecule has 5 heteroatoms. The first kappa shape index (κ1) is 11.0. The fourth-order valence-corrected chi connectivity index (χ4v) is 1.45. The number of nitrogens with zero attached hydrogens (tertiary/aromatic N) is 1. The first-order valence-electron chi connectivity index (χ1n) is 4.90. The van der Waals surface area contributed by atoms with E-state index in [0.717, 1.165) is 0 Å². The molecule has 0 spiro atoms. The molecular weight excluding hydrogens is 182 g/mol. The quantitative estimate of drug-likeness (QED) is 0.621. The summed E-state index contributed by atoms with van der Waals surface area (Å²) in [5.41, 5.74) is 5.32. The van der Waals surface area contributed by atoms with Crippen molar-refractivity contribution in [3.63, 3.8) is 0 Å². The van der Waals surface area contributed by atoms with Gasteiger partial charge in [0.25, 0.3) is 5.91 Å². The van der Waals surface area contributed by atoms with Crippen LogP contribution in [0.25, 0.3) is 0 Å². The predicted molar refractivity (Wildman–Crippen MR) is 52.5 cm³/mol. The topological polar surface area (TPSA) is 75.4 Å². The van der Waals surface area contributed by atoms with E-state index < -0.39 is 0 Å². The summed E-state index contributed by atoms with van der Waals surface area (Å²) >= 11 is 0. The molecule has 1 rings (SSSR count). The Kier molecular flexibility index (Phi) is 3.46. The average Bonchev–Trinajstić information content (AvgIpc) is 2.40. The molecule has 5 nitrogen and oxygen atoms in total. The lowest BCUT2D eigenvalue weighted by molar-refractivity contribution is -0.128. The summed E-state index contributed by atoms with van der Waals surface area (Å²) in [5, 5.41) is 2.66. The first-order valence-corrected chi connectivity index (χ1v) is 4.90. The Bertz CT molecular complexity index is 240. The van der Waals surface area contributed by atoms with Crippen molar-refractivity contribution in [3.05, 3.63) is 0 Å². The molecule has 14 heavy (non-hydrogen) atoms. The molecule has 0 aromatic heterocycles. The van der Waals surface area contributed by atoms with E-state index >= 15 is 0 Å². The minimum Gasteiger partial charge on any atom is -0.330 e. The zero-order valence-corrected chi connectivity index (χ0v) is 8.62. The first-order chi connectivity index (χ1) is 6.57. The van der Waals surface area contributed by atoms with E-state index in [0.29, 0.717) is 19.5 Å². The van der Waals surface area contributed by atoms with Crippen LogP contribution in [0.15, 0.2) is 0 Å². The molecule has 0 aromatic carbocycles. The Labute approximate surface area is 83.6 Å². The smallest absolute Gasteiger partial charge is 0.324 e. The molecule has 1 aliphatic heterocycles. The summed E-state index contributed by atoms with van der Waals surface area (Å²) in [6.45, 7) is 4.73. The monoisotopic (exact) mass is 199 g/mol. The van der Waals surface area contributed by atoms with Gasteiger partial charge in [-0.15, -0.1) is 0 Å². The van der Waals surface area contributed by atoms with Crippen LogP contribution in [0.5, 0.6) is 0 Å². The van der Waals surface area contributed by atoms with Gasteiger partial charge in [0, 0.05) is 6.54 Å². The van der Waals surface area contributed by atoms with Gasteiger partial charge in [0.15, 0.2) is 0 Å². The molecule has 0 bridgehead atoms. The highest BCUT2D eigenvalue weighted by molar-refractivity contribution is 6.04. The van der Waals surface area contributed by atoms with E-state index in [1.165, 1.54) is 4.90 Å². The standard InChI is InChI=1S/C9H17N3O2/c1-6(2)7-8(13)12(5-3-4-10)9(14)11-7/h6-7H,3-5,10H2,1-2H3,(H,11,14). The van der Waals surface area contributed by atoms with Crippen molar-refractivity contribution in [2.75, 3.05) is 13.1 Å². The SMILES string of the molecule is CC(C)C1NC(=O)N(CCCN)C1=O. The molecule has 0 aromatic rings. The molecule has 1 atom stereocenters. The lowest BCUT2D eigenvalue weighted by Gasteiger charge is -2.13. The highest BCUT2D eigenvalue weighted by atomic mass is 16.2. The summed E-state index contributed by atoms with van der Waals surface area (Å²) in [4.78, 5) is 24.3. The molecule has 1 aliphatic rings. The van der Waals surface area contributed by atoms with Crippen LogP contribution in [0.3, 0.4) is 0 Å². The van der Waals surface area contributed by atoms with Crippen LogP contribution in [0.2, 0.25) is 0 Å². The van der Waals surface area contributed by atoms with Crippen LogP contribution < -0.4 is 11.1 Å². The summed E-state index contributed by atoms with van der Waals surface area (Å²) in [7, 11) is 0. The number of hydrogen-bond acceptors (Lipinski definition) is 3. The molecule has 1 fully saturated rings. The van der Waals surface area contributed by atoms with Gasteiger partial charge in [-0.1, -0.05) is 13.8 Å². The van der Waals surface area contributed by atoms with Crippen LogP contribution in [-0.2, 0) is 4.79 Å². The van der Waals surface area contributed by atoms with Gasteiger partial charge >= 0.3 is 6.03 Å². The normalized spacial score (nSPS) is 22.0.